The van der Waals surface area contributed by atoms with Crippen molar-refractivity contribution in [1.29, 1.82) is 0 Å². The lowest BCUT2D eigenvalue weighted by Gasteiger charge is -2.09. The van der Waals surface area contributed by atoms with Crippen LogP contribution in [0.5, 0.6) is 0 Å². The van der Waals surface area contributed by atoms with E-state index in [0.29, 0.717) is 0 Å². The Morgan fingerprint density at radius 1 is 1.39 bits per heavy atom. The number of nitrogens with two attached hydrogens (primary N) is 1. The molecule has 1 aromatic heterocycles. The number of ether oxygens (including phenoxy) is 1. The Balaban J connectivity index is 2.56. The predicted molar refractivity (Wildman–Crippen MR) is 61.2 cm³/mol. The monoisotopic (exact) mass is 265 g/mol. The maximum Gasteiger partial charge on any atom is 0.411 e. The lowest BCUT2D eigenvalue weighted by Crippen LogP contribution is -2.19. The van der Waals surface area contributed by atoms with Crippen molar-refractivity contribution in [2.45, 2.75) is 39.5 Å². The summed E-state index contributed by atoms with van der Waals surface area (Å²) < 4.78 is 41.8. The average Bonchev–Trinajstić information content (AvgIpc) is 2.47. The highest BCUT2D eigenvalue weighted by molar-refractivity contribution is 5.27. The molecule has 0 amide bonds. The van der Waals surface area contributed by atoms with Crippen molar-refractivity contribution in [3.8, 4) is 0 Å². The fraction of sp³-hybridized carbons (Fsp3) is 0.727. The van der Waals surface area contributed by atoms with Crippen molar-refractivity contribution in [3.63, 3.8) is 0 Å². The number of hydrogen-bond acceptors (Lipinski definition) is 3. The van der Waals surface area contributed by atoms with Gasteiger partial charge in [0.25, 0.3) is 0 Å². The van der Waals surface area contributed by atoms with Crippen molar-refractivity contribution >= 4 is 0 Å². The molecule has 1 rings (SSSR count). The second-order valence-electron chi connectivity index (χ2n) is 4.26. The molecule has 0 aliphatic heterocycles. The molecule has 1 aromatic rings. The van der Waals surface area contributed by atoms with Crippen LogP contribution in [-0.4, -0.2) is 29.2 Å². The molecule has 18 heavy (non-hydrogen) atoms. The van der Waals surface area contributed by atoms with E-state index in [2.05, 4.69) is 9.84 Å². The Morgan fingerprint density at radius 2 is 2.00 bits per heavy atom. The second-order valence-corrected chi connectivity index (χ2v) is 4.26. The van der Waals surface area contributed by atoms with Crippen LogP contribution in [0, 0.1) is 13.8 Å². The van der Waals surface area contributed by atoms with E-state index in [0.717, 1.165) is 17.0 Å². The zero-order valence-electron chi connectivity index (χ0n) is 10.7. The van der Waals surface area contributed by atoms with E-state index in [9.17, 15) is 13.2 Å². The number of hydrogen-bond donors (Lipinski definition) is 1. The second kappa shape index (κ2) is 5.71. The maximum absolute atomic E-state index is 11.9. The summed E-state index contributed by atoms with van der Waals surface area (Å²) in [4.78, 5) is 0. The molecule has 104 valence electrons. The zero-order valence-corrected chi connectivity index (χ0v) is 10.7. The SMILES string of the molecule is Cc1nn(CCOCC(F)(F)F)c(C)c1C(C)N. The third kappa shape index (κ3) is 3.99. The predicted octanol–water partition coefficient (Wildman–Crippen LogP) is 2.10. The zero-order chi connectivity index (χ0) is 13.9. The van der Waals surface area contributed by atoms with Gasteiger partial charge in [0.15, 0.2) is 0 Å². The Bertz CT molecular complexity index is 399. The van der Waals surface area contributed by atoms with Gasteiger partial charge in [-0.2, -0.15) is 18.3 Å². The fourth-order valence-corrected chi connectivity index (χ4v) is 1.93. The van der Waals surface area contributed by atoms with Crippen molar-refractivity contribution in [2.75, 3.05) is 13.2 Å². The molecule has 0 saturated heterocycles. The van der Waals surface area contributed by atoms with Gasteiger partial charge in [-0.25, -0.2) is 0 Å². The first-order valence-electron chi connectivity index (χ1n) is 5.66. The van der Waals surface area contributed by atoms with E-state index >= 15 is 0 Å². The van der Waals surface area contributed by atoms with E-state index < -0.39 is 12.8 Å². The molecule has 0 saturated carbocycles. The van der Waals surface area contributed by atoms with Gasteiger partial charge in [0.05, 0.1) is 18.8 Å². The lowest BCUT2D eigenvalue weighted by molar-refractivity contribution is -0.174. The van der Waals surface area contributed by atoms with Crippen LogP contribution in [0.4, 0.5) is 13.2 Å². The van der Waals surface area contributed by atoms with E-state index in [4.69, 9.17) is 5.73 Å². The summed E-state index contributed by atoms with van der Waals surface area (Å²) in [6.07, 6.45) is -4.29. The molecule has 0 aliphatic carbocycles. The molecule has 1 atom stereocenters. The summed E-state index contributed by atoms with van der Waals surface area (Å²) in [6, 6.07) is -0.144. The van der Waals surface area contributed by atoms with Gasteiger partial charge in [0.1, 0.15) is 6.61 Å². The number of halogens is 3. The van der Waals surface area contributed by atoms with Gasteiger partial charge >= 0.3 is 6.18 Å². The van der Waals surface area contributed by atoms with Crippen LogP contribution < -0.4 is 5.73 Å². The third-order valence-corrected chi connectivity index (χ3v) is 2.61. The van der Waals surface area contributed by atoms with Crippen LogP contribution in [0.25, 0.3) is 0 Å². The van der Waals surface area contributed by atoms with Gasteiger partial charge in [0, 0.05) is 17.3 Å². The summed E-state index contributed by atoms with van der Waals surface area (Å²) in [5.74, 6) is 0. The first kappa shape index (κ1) is 15.0. The summed E-state index contributed by atoms with van der Waals surface area (Å²) in [7, 11) is 0. The van der Waals surface area contributed by atoms with Crippen LogP contribution in [-0.2, 0) is 11.3 Å². The Kier molecular flexibility index (Phi) is 4.75. The number of rotatable bonds is 5. The van der Waals surface area contributed by atoms with Gasteiger partial charge in [-0.3, -0.25) is 4.68 Å². The molecule has 0 bridgehead atoms. The highest BCUT2D eigenvalue weighted by Crippen LogP contribution is 2.19. The van der Waals surface area contributed by atoms with Crippen molar-refractivity contribution in [1.82, 2.24) is 9.78 Å². The first-order chi connectivity index (χ1) is 8.22. The highest BCUT2D eigenvalue weighted by atomic mass is 19.4. The molecule has 1 unspecified atom stereocenters. The minimum absolute atomic E-state index is 0.0279. The maximum atomic E-state index is 11.9. The molecular weight excluding hydrogens is 247 g/mol. The molecule has 1 heterocycles. The average molecular weight is 265 g/mol. The van der Waals surface area contributed by atoms with Crippen LogP contribution in [0.2, 0.25) is 0 Å². The minimum atomic E-state index is -4.29. The van der Waals surface area contributed by atoms with E-state index in [1.165, 1.54) is 0 Å². The van der Waals surface area contributed by atoms with Crippen LogP contribution in [0.15, 0.2) is 0 Å². The van der Waals surface area contributed by atoms with Gasteiger partial charge < -0.3 is 10.5 Å². The highest BCUT2D eigenvalue weighted by Gasteiger charge is 2.27. The Morgan fingerprint density at radius 3 is 2.44 bits per heavy atom. The molecule has 2 N–H and O–H groups in total. The molecule has 0 fully saturated rings. The molecule has 0 radical (unpaired) electrons. The third-order valence-electron chi connectivity index (χ3n) is 2.61. The fourth-order valence-electron chi connectivity index (χ4n) is 1.93. The van der Waals surface area contributed by atoms with Crippen molar-refractivity contribution < 1.29 is 17.9 Å². The topological polar surface area (TPSA) is 53.1 Å². The molecule has 7 heteroatoms. The van der Waals surface area contributed by atoms with Gasteiger partial charge in [-0.05, 0) is 20.8 Å². The van der Waals surface area contributed by atoms with Gasteiger partial charge in [-0.15, -0.1) is 0 Å². The smallest absolute Gasteiger partial charge is 0.370 e. The first-order valence-corrected chi connectivity index (χ1v) is 5.66. The van der Waals surface area contributed by atoms with Crippen molar-refractivity contribution in [3.05, 3.63) is 17.0 Å². The Labute approximate surface area is 104 Å². The van der Waals surface area contributed by atoms with Crippen molar-refractivity contribution in [2.24, 2.45) is 5.73 Å². The van der Waals surface area contributed by atoms with E-state index in [1.807, 2.05) is 20.8 Å². The van der Waals surface area contributed by atoms with Crippen LogP contribution in [0.3, 0.4) is 0 Å². The molecule has 0 aromatic carbocycles. The molecule has 0 aliphatic rings. The summed E-state index contributed by atoms with van der Waals surface area (Å²) in [5.41, 5.74) is 8.42. The standard InChI is InChI=1S/C11H18F3N3O/c1-7(15)10-8(2)16-17(9(10)3)4-5-18-6-11(12,13)14/h7H,4-6,15H2,1-3H3. The molecule has 0 spiro atoms. The number of aromatic nitrogens is 2. The van der Waals surface area contributed by atoms with E-state index in [1.54, 1.807) is 4.68 Å². The molecular formula is C11H18F3N3O. The quantitative estimate of drug-likeness (QED) is 0.829. The van der Waals surface area contributed by atoms with Crippen LogP contribution in [0.1, 0.15) is 29.9 Å². The number of nitrogens with zero attached hydrogens (tertiary/aromatic N) is 2. The normalized spacial score (nSPS) is 13.9. The number of aryl methyl sites for hydroxylation is 1. The largest absolute Gasteiger partial charge is 0.411 e. The minimum Gasteiger partial charge on any atom is -0.370 e. The molecule has 4 nitrogen and oxygen atoms in total. The summed E-state index contributed by atoms with van der Waals surface area (Å²) in [5, 5.41) is 4.24. The summed E-state index contributed by atoms with van der Waals surface area (Å²) in [6.45, 7) is 4.56. The van der Waals surface area contributed by atoms with Crippen LogP contribution >= 0.6 is 0 Å². The Hall–Kier alpha value is -1.08. The van der Waals surface area contributed by atoms with E-state index in [-0.39, 0.29) is 19.2 Å². The summed E-state index contributed by atoms with van der Waals surface area (Å²) >= 11 is 0. The number of alkyl halides is 3. The van der Waals surface area contributed by atoms with Gasteiger partial charge in [0.2, 0.25) is 0 Å². The lowest BCUT2D eigenvalue weighted by atomic mass is 10.1. The van der Waals surface area contributed by atoms with Gasteiger partial charge in [-0.1, -0.05) is 0 Å².